The van der Waals surface area contributed by atoms with Crippen molar-refractivity contribution in [3.8, 4) is 0 Å². The minimum absolute atomic E-state index is 0.125. The number of ether oxygens (including phenoxy) is 2. The monoisotopic (exact) mass is 240 g/mol. The van der Waals surface area contributed by atoms with Gasteiger partial charge in [-0.1, -0.05) is 0 Å². The molecule has 1 saturated carbocycles. The van der Waals surface area contributed by atoms with Crippen molar-refractivity contribution >= 4 is 0 Å². The maximum absolute atomic E-state index is 10.5. The third-order valence-electron chi connectivity index (χ3n) is 5.03. The van der Waals surface area contributed by atoms with Gasteiger partial charge in [0, 0.05) is 19.8 Å². The molecule has 1 aliphatic carbocycles. The lowest BCUT2D eigenvalue weighted by atomic mass is 9.69. The summed E-state index contributed by atoms with van der Waals surface area (Å²) in [6.07, 6.45) is 7.80. The summed E-state index contributed by atoms with van der Waals surface area (Å²) in [6.45, 7) is 2.51. The average molecular weight is 240 g/mol. The van der Waals surface area contributed by atoms with E-state index in [0.29, 0.717) is 11.8 Å². The Morgan fingerprint density at radius 2 is 1.71 bits per heavy atom. The summed E-state index contributed by atoms with van der Waals surface area (Å²) in [7, 11) is 0. The normalized spacial score (nSPS) is 35.5. The maximum atomic E-state index is 10.5. The summed E-state index contributed by atoms with van der Waals surface area (Å²) in [5, 5.41) is 10.5. The van der Waals surface area contributed by atoms with Gasteiger partial charge in [-0.05, 0) is 56.8 Å². The summed E-state index contributed by atoms with van der Waals surface area (Å²) in [6, 6.07) is 0. The number of rotatable bonds is 2. The van der Waals surface area contributed by atoms with E-state index in [1.807, 2.05) is 0 Å². The minimum Gasteiger partial charge on any atom is -0.393 e. The van der Waals surface area contributed by atoms with Crippen LogP contribution in [-0.4, -0.2) is 36.6 Å². The molecule has 3 aliphatic rings. The van der Waals surface area contributed by atoms with E-state index in [1.54, 1.807) is 0 Å². The molecule has 0 aromatic rings. The van der Waals surface area contributed by atoms with Crippen LogP contribution in [0.4, 0.5) is 0 Å². The predicted molar refractivity (Wildman–Crippen MR) is 64.8 cm³/mol. The highest BCUT2D eigenvalue weighted by Gasteiger charge is 2.45. The van der Waals surface area contributed by atoms with Crippen molar-refractivity contribution in [3.63, 3.8) is 0 Å². The van der Waals surface area contributed by atoms with Crippen LogP contribution in [0.5, 0.6) is 0 Å². The third-order valence-corrected chi connectivity index (χ3v) is 5.03. The second kappa shape index (κ2) is 4.87. The molecule has 2 atom stereocenters. The first-order valence-corrected chi connectivity index (χ1v) is 7.19. The molecule has 0 aromatic heterocycles. The Balaban J connectivity index is 1.58. The van der Waals surface area contributed by atoms with Gasteiger partial charge < -0.3 is 14.6 Å². The van der Waals surface area contributed by atoms with Gasteiger partial charge in [0.15, 0.2) is 0 Å². The van der Waals surface area contributed by atoms with Crippen molar-refractivity contribution in [3.05, 3.63) is 0 Å². The Morgan fingerprint density at radius 3 is 2.35 bits per heavy atom. The summed E-state index contributed by atoms with van der Waals surface area (Å²) in [4.78, 5) is 0. The van der Waals surface area contributed by atoms with Gasteiger partial charge in [0.2, 0.25) is 0 Å². The van der Waals surface area contributed by atoms with Gasteiger partial charge in [0.1, 0.15) is 0 Å². The molecule has 0 aromatic carbocycles. The lowest BCUT2D eigenvalue weighted by Gasteiger charge is -2.49. The summed E-state index contributed by atoms with van der Waals surface area (Å²) in [5.41, 5.74) is 0.162. The highest BCUT2D eigenvalue weighted by Crippen LogP contribution is 2.46. The van der Waals surface area contributed by atoms with Crippen molar-refractivity contribution in [1.82, 2.24) is 0 Å². The van der Waals surface area contributed by atoms with Crippen molar-refractivity contribution in [2.45, 2.75) is 56.7 Å². The van der Waals surface area contributed by atoms with Crippen LogP contribution in [0.15, 0.2) is 0 Å². The second-order valence-corrected chi connectivity index (χ2v) is 6.08. The fourth-order valence-electron chi connectivity index (χ4n) is 3.72. The molecule has 0 radical (unpaired) electrons. The Morgan fingerprint density at radius 1 is 1.00 bits per heavy atom. The van der Waals surface area contributed by atoms with Crippen LogP contribution < -0.4 is 0 Å². The number of hydrogen-bond donors (Lipinski definition) is 1. The first-order chi connectivity index (χ1) is 8.29. The smallest absolute Gasteiger partial charge is 0.0686 e. The van der Waals surface area contributed by atoms with Gasteiger partial charge in [-0.25, -0.2) is 0 Å². The maximum Gasteiger partial charge on any atom is 0.0686 e. The molecule has 17 heavy (non-hydrogen) atoms. The van der Waals surface area contributed by atoms with Gasteiger partial charge in [-0.3, -0.25) is 0 Å². The van der Waals surface area contributed by atoms with E-state index in [2.05, 4.69) is 0 Å². The SMILES string of the molecule is OC(C1CCOCC1)C1CCOC2(CCC2)C1. The summed E-state index contributed by atoms with van der Waals surface area (Å²) >= 11 is 0. The zero-order valence-corrected chi connectivity index (χ0v) is 10.6. The predicted octanol–water partition coefficient (Wildman–Crippen LogP) is 2.12. The van der Waals surface area contributed by atoms with Crippen LogP contribution in [-0.2, 0) is 9.47 Å². The van der Waals surface area contributed by atoms with Crippen LogP contribution in [0.1, 0.15) is 44.9 Å². The zero-order chi connectivity index (χ0) is 11.7. The third kappa shape index (κ3) is 2.38. The standard InChI is InChI=1S/C14H24O3/c15-13(11-2-7-16-8-3-11)12-4-9-17-14(10-12)5-1-6-14/h11-13,15H,1-10H2. The first kappa shape index (κ1) is 11.9. The topological polar surface area (TPSA) is 38.7 Å². The van der Waals surface area contributed by atoms with Crippen LogP contribution in [0.2, 0.25) is 0 Å². The van der Waals surface area contributed by atoms with Crippen molar-refractivity contribution in [2.75, 3.05) is 19.8 Å². The molecule has 2 heterocycles. The summed E-state index contributed by atoms with van der Waals surface area (Å²) in [5.74, 6) is 0.927. The molecule has 0 amide bonds. The molecule has 2 unspecified atom stereocenters. The molecule has 98 valence electrons. The van der Waals surface area contributed by atoms with Crippen LogP contribution in [0, 0.1) is 11.8 Å². The molecule has 3 nitrogen and oxygen atoms in total. The molecule has 1 spiro atoms. The van der Waals surface area contributed by atoms with E-state index in [9.17, 15) is 5.11 Å². The number of hydrogen-bond acceptors (Lipinski definition) is 3. The number of aliphatic hydroxyl groups is 1. The molecular weight excluding hydrogens is 216 g/mol. The number of aliphatic hydroxyl groups excluding tert-OH is 1. The lowest BCUT2D eigenvalue weighted by molar-refractivity contribution is -0.164. The van der Waals surface area contributed by atoms with Crippen LogP contribution >= 0.6 is 0 Å². The Labute approximate surface area is 103 Å². The Bertz CT molecular complexity index is 256. The molecule has 2 aliphatic heterocycles. The molecule has 3 heteroatoms. The summed E-state index contributed by atoms with van der Waals surface area (Å²) < 4.78 is 11.3. The van der Waals surface area contributed by atoms with Crippen molar-refractivity contribution in [1.29, 1.82) is 0 Å². The molecule has 2 saturated heterocycles. The van der Waals surface area contributed by atoms with Gasteiger partial charge >= 0.3 is 0 Å². The fourth-order valence-corrected chi connectivity index (χ4v) is 3.72. The lowest BCUT2D eigenvalue weighted by Crippen LogP contribution is -2.49. The molecule has 1 N–H and O–H groups in total. The van der Waals surface area contributed by atoms with Gasteiger partial charge in [0.05, 0.1) is 11.7 Å². The average Bonchev–Trinajstić information content (AvgIpc) is 2.37. The molecular formula is C14H24O3. The Kier molecular flexibility index (Phi) is 3.42. The van der Waals surface area contributed by atoms with Crippen LogP contribution in [0.25, 0.3) is 0 Å². The van der Waals surface area contributed by atoms with E-state index in [0.717, 1.165) is 45.5 Å². The highest BCUT2D eigenvalue weighted by molar-refractivity contribution is 4.96. The van der Waals surface area contributed by atoms with Crippen LogP contribution in [0.3, 0.4) is 0 Å². The highest BCUT2D eigenvalue weighted by atomic mass is 16.5. The van der Waals surface area contributed by atoms with Gasteiger partial charge in [0.25, 0.3) is 0 Å². The largest absolute Gasteiger partial charge is 0.393 e. The second-order valence-electron chi connectivity index (χ2n) is 6.08. The van der Waals surface area contributed by atoms with E-state index in [4.69, 9.17) is 9.47 Å². The zero-order valence-electron chi connectivity index (χ0n) is 10.6. The first-order valence-electron chi connectivity index (χ1n) is 7.19. The van der Waals surface area contributed by atoms with Gasteiger partial charge in [-0.15, -0.1) is 0 Å². The van der Waals surface area contributed by atoms with Crippen molar-refractivity contribution < 1.29 is 14.6 Å². The Hall–Kier alpha value is -0.120. The quantitative estimate of drug-likeness (QED) is 0.803. The van der Waals surface area contributed by atoms with E-state index in [1.165, 1.54) is 19.3 Å². The van der Waals surface area contributed by atoms with E-state index in [-0.39, 0.29) is 11.7 Å². The molecule has 0 bridgehead atoms. The van der Waals surface area contributed by atoms with E-state index >= 15 is 0 Å². The van der Waals surface area contributed by atoms with E-state index < -0.39 is 0 Å². The molecule has 3 fully saturated rings. The van der Waals surface area contributed by atoms with Gasteiger partial charge in [-0.2, -0.15) is 0 Å². The molecule has 3 rings (SSSR count). The van der Waals surface area contributed by atoms with Crippen molar-refractivity contribution in [2.24, 2.45) is 11.8 Å². The fraction of sp³-hybridized carbons (Fsp3) is 1.00. The minimum atomic E-state index is -0.125.